The number of benzene rings is 1. The van der Waals surface area contributed by atoms with Crippen molar-refractivity contribution < 1.29 is 4.92 Å². The molecule has 0 radical (unpaired) electrons. The van der Waals surface area contributed by atoms with Crippen molar-refractivity contribution in [2.24, 2.45) is 0 Å². The molecule has 1 aromatic carbocycles. The third-order valence-corrected chi connectivity index (χ3v) is 4.03. The van der Waals surface area contributed by atoms with Crippen LogP contribution in [0.5, 0.6) is 0 Å². The second-order valence-corrected chi connectivity index (χ2v) is 5.02. The number of nitrogens with zero attached hydrogens (tertiary/aromatic N) is 2. The molecule has 0 aliphatic heterocycles. The summed E-state index contributed by atoms with van der Waals surface area (Å²) in [5.41, 5.74) is 1.59. The molecule has 5 nitrogen and oxygen atoms in total. The van der Waals surface area contributed by atoms with Gasteiger partial charge in [0.25, 0.3) is 5.69 Å². The van der Waals surface area contributed by atoms with Gasteiger partial charge in [-0.2, -0.15) is 0 Å². The van der Waals surface area contributed by atoms with Crippen molar-refractivity contribution in [3.8, 4) is 11.4 Å². The average Bonchev–Trinajstić information content (AvgIpc) is 2.41. The molecule has 0 atom stereocenters. The Morgan fingerprint density at radius 3 is 2.89 bits per heavy atom. The summed E-state index contributed by atoms with van der Waals surface area (Å²) in [7, 11) is 0. The van der Waals surface area contributed by atoms with Crippen molar-refractivity contribution in [3.63, 3.8) is 0 Å². The number of H-pyrrole nitrogens is 1. The zero-order chi connectivity index (χ0) is 14.0. The van der Waals surface area contributed by atoms with Gasteiger partial charge in [-0.05, 0) is 22.4 Å². The van der Waals surface area contributed by atoms with E-state index in [2.05, 4.69) is 25.9 Å². The summed E-state index contributed by atoms with van der Waals surface area (Å²) < 4.78 is 1.20. The molecule has 0 aliphatic carbocycles. The van der Waals surface area contributed by atoms with E-state index < -0.39 is 4.92 Å². The van der Waals surface area contributed by atoms with Crippen LogP contribution in [0.15, 0.2) is 28.7 Å². The first-order valence-electron chi connectivity index (χ1n) is 5.56. The van der Waals surface area contributed by atoms with Crippen LogP contribution in [0.1, 0.15) is 12.6 Å². The molecule has 19 heavy (non-hydrogen) atoms. The molecule has 0 unspecified atom stereocenters. The fraction of sp³-hybridized carbons (Fsp3) is 0.167. The second-order valence-electron chi connectivity index (χ2n) is 3.84. The van der Waals surface area contributed by atoms with Crippen LogP contribution in [0, 0.1) is 14.8 Å². The number of aromatic amines is 1. The Morgan fingerprint density at radius 2 is 2.26 bits per heavy atom. The molecule has 98 valence electrons. The van der Waals surface area contributed by atoms with Crippen LogP contribution < -0.4 is 0 Å². The molecular weight excluding hydrogens is 330 g/mol. The predicted octanol–water partition coefficient (Wildman–Crippen LogP) is 4.04. The fourth-order valence-electron chi connectivity index (χ4n) is 1.65. The van der Waals surface area contributed by atoms with Gasteiger partial charge in [0.15, 0.2) is 0 Å². The first-order chi connectivity index (χ1) is 9.02. The molecule has 2 rings (SSSR count). The quantitative estimate of drug-likeness (QED) is 0.520. The van der Waals surface area contributed by atoms with Crippen molar-refractivity contribution in [2.45, 2.75) is 13.3 Å². The zero-order valence-corrected chi connectivity index (χ0v) is 12.4. The third-order valence-electron chi connectivity index (χ3n) is 2.62. The van der Waals surface area contributed by atoms with Gasteiger partial charge < -0.3 is 4.98 Å². The Kier molecular flexibility index (Phi) is 4.06. The molecule has 0 spiro atoms. The van der Waals surface area contributed by atoms with E-state index in [1.807, 2.05) is 6.92 Å². The van der Waals surface area contributed by atoms with E-state index in [0.717, 1.165) is 16.6 Å². The predicted molar refractivity (Wildman–Crippen MR) is 78.6 cm³/mol. The van der Waals surface area contributed by atoms with Gasteiger partial charge in [0.2, 0.25) is 0 Å². The van der Waals surface area contributed by atoms with Gasteiger partial charge in [-0.1, -0.05) is 31.3 Å². The van der Waals surface area contributed by atoms with Crippen molar-refractivity contribution >= 4 is 33.8 Å². The minimum absolute atomic E-state index is 0.0274. The highest BCUT2D eigenvalue weighted by molar-refractivity contribution is 9.10. The molecule has 0 bridgehead atoms. The van der Waals surface area contributed by atoms with E-state index in [1.54, 1.807) is 12.1 Å². The number of nitro groups is 1. The van der Waals surface area contributed by atoms with Crippen LogP contribution in [0.4, 0.5) is 5.69 Å². The van der Waals surface area contributed by atoms with Crippen LogP contribution in [-0.2, 0) is 6.42 Å². The smallest absolute Gasteiger partial charge is 0.270 e. The molecule has 0 fully saturated rings. The normalized spacial score (nSPS) is 10.4. The van der Waals surface area contributed by atoms with E-state index in [-0.39, 0.29) is 5.69 Å². The molecule has 1 aromatic heterocycles. The van der Waals surface area contributed by atoms with Gasteiger partial charge in [-0.15, -0.1) is 0 Å². The first kappa shape index (κ1) is 13.8. The number of nitro benzene ring substituents is 1. The maximum Gasteiger partial charge on any atom is 0.270 e. The molecule has 1 N–H and O–H groups in total. The number of hydrogen-bond donors (Lipinski definition) is 1. The summed E-state index contributed by atoms with van der Waals surface area (Å²) in [4.78, 5) is 17.7. The summed E-state index contributed by atoms with van der Waals surface area (Å²) in [6, 6.07) is 6.30. The van der Waals surface area contributed by atoms with Crippen LogP contribution in [-0.4, -0.2) is 14.9 Å². The van der Waals surface area contributed by atoms with E-state index in [1.165, 1.54) is 12.1 Å². The van der Waals surface area contributed by atoms with E-state index in [0.29, 0.717) is 16.0 Å². The Labute approximate surface area is 123 Å². The monoisotopic (exact) mass is 339 g/mol. The van der Waals surface area contributed by atoms with Gasteiger partial charge in [0.1, 0.15) is 10.5 Å². The summed E-state index contributed by atoms with van der Waals surface area (Å²) in [6.07, 6.45) is 0.759. The highest BCUT2D eigenvalue weighted by atomic mass is 79.9. The molecule has 0 saturated carbocycles. The van der Waals surface area contributed by atoms with Gasteiger partial charge in [0.05, 0.1) is 9.40 Å². The number of hydrogen-bond acceptors (Lipinski definition) is 4. The largest absolute Gasteiger partial charge is 0.342 e. The molecule has 2 aromatic rings. The van der Waals surface area contributed by atoms with Crippen LogP contribution in [0.3, 0.4) is 0 Å². The SMILES string of the molecule is CCc1[nH]c(-c2cccc([N+](=O)[O-])c2)nc(=S)c1Br. The number of rotatable bonds is 3. The highest BCUT2D eigenvalue weighted by Gasteiger charge is 2.10. The zero-order valence-electron chi connectivity index (χ0n) is 10.0. The van der Waals surface area contributed by atoms with Crippen molar-refractivity contribution in [1.29, 1.82) is 0 Å². The lowest BCUT2D eigenvalue weighted by Gasteiger charge is -2.06. The Hall–Kier alpha value is -1.60. The number of halogens is 1. The van der Waals surface area contributed by atoms with Gasteiger partial charge in [-0.3, -0.25) is 10.1 Å². The summed E-state index contributed by atoms with van der Waals surface area (Å²) in [5.74, 6) is 0.536. The Bertz CT molecular complexity index is 700. The van der Waals surface area contributed by atoms with Crippen molar-refractivity contribution in [1.82, 2.24) is 9.97 Å². The van der Waals surface area contributed by atoms with Gasteiger partial charge in [0, 0.05) is 23.4 Å². The van der Waals surface area contributed by atoms with Crippen molar-refractivity contribution in [2.75, 3.05) is 0 Å². The van der Waals surface area contributed by atoms with Crippen LogP contribution in [0.2, 0.25) is 0 Å². The van der Waals surface area contributed by atoms with Gasteiger partial charge >= 0.3 is 0 Å². The number of nitrogens with one attached hydrogen (secondary N) is 1. The minimum Gasteiger partial charge on any atom is -0.342 e. The topological polar surface area (TPSA) is 71.8 Å². The highest BCUT2D eigenvalue weighted by Crippen LogP contribution is 2.24. The van der Waals surface area contributed by atoms with Crippen LogP contribution >= 0.6 is 28.1 Å². The molecule has 7 heteroatoms. The average molecular weight is 340 g/mol. The maximum absolute atomic E-state index is 10.8. The maximum atomic E-state index is 10.8. The lowest BCUT2D eigenvalue weighted by molar-refractivity contribution is -0.384. The van der Waals surface area contributed by atoms with E-state index in [4.69, 9.17) is 12.2 Å². The lowest BCUT2D eigenvalue weighted by Crippen LogP contribution is -1.98. The third kappa shape index (κ3) is 2.87. The number of non-ortho nitro benzene ring substituents is 1. The summed E-state index contributed by atoms with van der Waals surface area (Å²) in [6.45, 7) is 1.99. The molecular formula is C12H10BrN3O2S. The number of aromatic nitrogens is 2. The fourth-order valence-corrected chi connectivity index (χ4v) is 2.34. The van der Waals surface area contributed by atoms with E-state index >= 15 is 0 Å². The lowest BCUT2D eigenvalue weighted by atomic mass is 10.2. The molecule has 0 amide bonds. The Morgan fingerprint density at radius 1 is 1.53 bits per heavy atom. The molecule has 0 saturated heterocycles. The molecule has 0 aliphatic rings. The second kappa shape index (κ2) is 5.58. The number of aryl methyl sites for hydroxylation is 1. The first-order valence-corrected chi connectivity index (χ1v) is 6.76. The van der Waals surface area contributed by atoms with Crippen LogP contribution in [0.25, 0.3) is 11.4 Å². The molecule has 1 heterocycles. The Balaban J connectivity index is 2.59. The standard InChI is InChI=1S/C12H10BrN3O2S/c1-2-9-10(13)12(19)15-11(14-9)7-4-3-5-8(6-7)16(17)18/h3-6H,2H2,1H3,(H,14,15,19). The minimum atomic E-state index is -0.433. The summed E-state index contributed by atoms with van der Waals surface area (Å²) >= 11 is 8.55. The van der Waals surface area contributed by atoms with E-state index in [9.17, 15) is 10.1 Å². The summed E-state index contributed by atoms with van der Waals surface area (Å²) in [5, 5.41) is 10.8. The van der Waals surface area contributed by atoms with Crippen molar-refractivity contribution in [3.05, 3.63) is 49.2 Å². The van der Waals surface area contributed by atoms with Gasteiger partial charge in [-0.25, -0.2) is 4.98 Å².